The van der Waals surface area contributed by atoms with Crippen LogP contribution in [-0.4, -0.2) is 66.0 Å². The molecule has 5 aromatic heterocycles. The molecule has 1 fully saturated rings. The van der Waals surface area contributed by atoms with Crippen LogP contribution in [0.5, 0.6) is 0 Å². The van der Waals surface area contributed by atoms with E-state index in [1.807, 2.05) is 4.57 Å². The summed E-state index contributed by atoms with van der Waals surface area (Å²) in [6.07, 6.45) is 4.28. The lowest BCUT2D eigenvalue weighted by Gasteiger charge is -2.32. The molecule has 0 aliphatic carbocycles. The summed E-state index contributed by atoms with van der Waals surface area (Å²) in [5.41, 5.74) is 2.51. The van der Waals surface area contributed by atoms with Crippen LogP contribution in [-0.2, 0) is 16.5 Å². The lowest BCUT2D eigenvalue weighted by atomic mass is 9.88. The Hall–Kier alpha value is -4.19. The fourth-order valence-corrected chi connectivity index (χ4v) is 5.22. The zero-order chi connectivity index (χ0) is 28.2. The van der Waals surface area contributed by atoms with Crippen molar-refractivity contribution in [2.24, 2.45) is 13.0 Å². The summed E-state index contributed by atoms with van der Waals surface area (Å²) in [5.74, 6) is -1.27. The number of nitrogens with one attached hydrogen (secondary N) is 1. The molecule has 0 unspecified atom stereocenters. The van der Waals surface area contributed by atoms with Crippen molar-refractivity contribution in [3.8, 4) is 11.3 Å². The molecule has 6 rings (SSSR count). The average Bonchev–Trinajstić information content (AvgIpc) is 3.63. The van der Waals surface area contributed by atoms with Crippen molar-refractivity contribution in [1.82, 2.24) is 39.7 Å². The summed E-state index contributed by atoms with van der Waals surface area (Å²) < 4.78 is 53.1. The highest BCUT2D eigenvalue weighted by Crippen LogP contribution is 2.41. The van der Waals surface area contributed by atoms with Crippen molar-refractivity contribution in [2.45, 2.75) is 25.7 Å². The Morgan fingerprint density at radius 1 is 1.32 bits per heavy atom. The quantitative estimate of drug-likeness (QED) is 0.359. The molecule has 12 heteroatoms. The van der Waals surface area contributed by atoms with Crippen molar-refractivity contribution >= 4 is 28.0 Å². The maximum Gasteiger partial charge on any atom is 0.358 e. The summed E-state index contributed by atoms with van der Waals surface area (Å²) in [5, 5.41) is 14.9. The predicted octanol–water partition coefficient (Wildman–Crippen LogP) is 3.35. The van der Waals surface area contributed by atoms with Crippen LogP contribution < -0.4 is 0 Å². The molecule has 37 heavy (non-hydrogen) atoms. The number of fused-ring (bicyclic) bond motifs is 3. The minimum atomic E-state index is -2.52. The van der Waals surface area contributed by atoms with Crippen LogP contribution in [0, 0.1) is 18.6 Å². The molecule has 0 spiro atoms. The van der Waals surface area contributed by atoms with Gasteiger partial charge in [0.2, 0.25) is 0 Å². The van der Waals surface area contributed by atoms with Crippen LogP contribution in [0.25, 0.3) is 33.3 Å². The van der Waals surface area contributed by atoms with Gasteiger partial charge in [0.25, 0.3) is 0 Å². The summed E-state index contributed by atoms with van der Waals surface area (Å²) in [7, 11) is 2.86. The largest absolute Gasteiger partial charge is 0.464 e. The number of carbonyl (C=O) groups is 1. The van der Waals surface area contributed by atoms with Gasteiger partial charge < -0.3 is 14.0 Å². The third kappa shape index (κ3) is 3.67. The lowest BCUT2D eigenvalue weighted by Crippen LogP contribution is -2.28. The Balaban J connectivity index is 1.70. The van der Waals surface area contributed by atoms with Crippen molar-refractivity contribution in [1.29, 1.82) is 0 Å². The van der Waals surface area contributed by atoms with Crippen LogP contribution in [0.2, 0.25) is 0 Å². The topological polar surface area (TPSA) is 126 Å². The first-order valence-corrected chi connectivity index (χ1v) is 11.8. The minimum absolute atomic E-state index is 0.0795. The molecule has 1 aliphatic rings. The molecule has 6 heterocycles. The van der Waals surface area contributed by atoms with Crippen LogP contribution >= 0.6 is 0 Å². The molecule has 5 aromatic rings. The number of methoxy groups -OCH3 is 1. The van der Waals surface area contributed by atoms with Gasteiger partial charge in [0, 0.05) is 42.3 Å². The Labute approximate surface area is 214 Å². The number of rotatable bonds is 5. The van der Waals surface area contributed by atoms with Gasteiger partial charge >= 0.3 is 5.97 Å². The molecule has 1 N–H and O–H groups in total. The highest BCUT2D eigenvalue weighted by Gasteiger charge is 2.35. The smallest absolute Gasteiger partial charge is 0.358 e. The Morgan fingerprint density at radius 2 is 2.16 bits per heavy atom. The Kier molecular flexibility index (Phi) is 4.87. The summed E-state index contributed by atoms with van der Waals surface area (Å²) in [6.45, 7) is -1.55. The maximum atomic E-state index is 15.5. The average molecular weight is 508 g/mol. The van der Waals surface area contributed by atoms with E-state index in [2.05, 4.69) is 30.5 Å². The van der Waals surface area contributed by atoms with Gasteiger partial charge in [0.15, 0.2) is 5.69 Å². The number of carbonyl (C=O) groups excluding carboxylic acids is 1. The molecule has 0 saturated carbocycles. The monoisotopic (exact) mass is 507 g/mol. The summed E-state index contributed by atoms with van der Waals surface area (Å²) >= 11 is 0. The van der Waals surface area contributed by atoms with E-state index in [0.29, 0.717) is 53.7 Å². The van der Waals surface area contributed by atoms with E-state index in [1.165, 1.54) is 36.3 Å². The van der Waals surface area contributed by atoms with Crippen molar-refractivity contribution in [3.63, 3.8) is 0 Å². The number of aromatic nitrogens is 8. The molecule has 1 aliphatic heterocycles. The van der Waals surface area contributed by atoms with Gasteiger partial charge in [-0.3, -0.25) is 15.1 Å². The highest BCUT2D eigenvalue weighted by atomic mass is 19.1. The van der Waals surface area contributed by atoms with Gasteiger partial charge in [0.1, 0.15) is 22.4 Å². The van der Waals surface area contributed by atoms with Crippen molar-refractivity contribution < 1.29 is 22.8 Å². The molecule has 0 aromatic carbocycles. The molecule has 1 saturated heterocycles. The van der Waals surface area contributed by atoms with E-state index < -0.39 is 24.7 Å². The predicted molar refractivity (Wildman–Crippen MR) is 131 cm³/mol. The molecular weight excluding hydrogens is 479 g/mol. The van der Waals surface area contributed by atoms with Crippen LogP contribution in [0.15, 0.2) is 30.6 Å². The first-order valence-electron chi connectivity index (χ1n) is 13.3. The number of H-pyrrole nitrogens is 1. The Morgan fingerprint density at radius 3 is 2.92 bits per heavy atom. The molecular formula is C25H25FN8O3. The maximum absolute atomic E-state index is 15.5. The minimum Gasteiger partial charge on any atom is -0.464 e. The molecule has 190 valence electrons. The van der Waals surface area contributed by atoms with Crippen LogP contribution in [0.3, 0.4) is 0 Å². The zero-order valence-corrected chi connectivity index (χ0v) is 20.1. The van der Waals surface area contributed by atoms with Crippen LogP contribution in [0.1, 0.15) is 44.9 Å². The number of hydrogen-bond acceptors (Lipinski definition) is 8. The first kappa shape index (κ1) is 19.9. The van der Waals surface area contributed by atoms with E-state index in [-0.39, 0.29) is 28.7 Å². The van der Waals surface area contributed by atoms with Crippen molar-refractivity contribution in [3.05, 3.63) is 53.5 Å². The SMILES string of the molecule is [2H]C([2H])([2H])c1nnn(C)c1-c1cnc2c3n[nH]c(C(=O)OC)c3n([C@H](c3ncccc3F)C3CCOCC3)c2c1. The normalized spacial score (nSPS) is 17.0. The van der Waals surface area contributed by atoms with Crippen LogP contribution in [0.4, 0.5) is 4.39 Å². The fraction of sp³-hybridized carbons (Fsp3) is 0.360. The third-order valence-corrected chi connectivity index (χ3v) is 6.88. The molecule has 0 radical (unpaired) electrons. The van der Waals surface area contributed by atoms with E-state index >= 15 is 4.39 Å². The van der Waals surface area contributed by atoms with Gasteiger partial charge in [-0.25, -0.2) is 13.9 Å². The van der Waals surface area contributed by atoms with E-state index in [0.717, 1.165) is 0 Å². The van der Waals surface area contributed by atoms with Crippen molar-refractivity contribution in [2.75, 3.05) is 20.3 Å². The molecule has 1 atom stereocenters. The number of nitrogens with zero attached hydrogens (tertiary/aromatic N) is 7. The number of aryl methyl sites for hydroxylation is 2. The summed E-state index contributed by atoms with van der Waals surface area (Å²) in [4.78, 5) is 21.9. The second kappa shape index (κ2) is 9.04. The second-order valence-electron chi connectivity index (χ2n) is 8.92. The summed E-state index contributed by atoms with van der Waals surface area (Å²) in [6, 6.07) is 3.94. The van der Waals surface area contributed by atoms with Gasteiger partial charge in [-0.05, 0) is 43.8 Å². The molecule has 11 nitrogen and oxygen atoms in total. The zero-order valence-electron chi connectivity index (χ0n) is 23.1. The highest BCUT2D eigenvalue weighted by molar-refractivity contribution is 6.11. The van der Waals surface area contributed by atoms with Gasteiger partial charge in [-0.1, -0.05) is 5.21 Å². The first-order chi connectivity index (χ1) is 19.2. The molecule has 0 amide bonds. The number of halogens is 1. The van der Waals surface area contributed by atoms with Gasteiger partial charge in [0.05, 0.1) is 35.8 Å². The number of pyridine rings is 2. The third-order valence-electron chi connectivity index (χ3n) is 6.88. The van der Waals surface area contributed by atoms with Gasteiger partial charge in [-0.15, -0.1) is 5.10 Å². The van der Waals surface area contributed by atoms with Gasteiger partial charge in [-0.2, -0.15) is 5.10 Å². The lowest BCUT2D eigenvalue weighted by molar-refractivity contribution is 0.0539. The number of ether oxygens (including phenoxy) is 2. The number of hydrogen-bond donors (Lipinski definition) is 1. The van der Waals surface area contributed by atoms with E-state index in [9.17, 15) is 4.79 Å². The number of aromatic amines is 1. The standard InChI is InChI=1S/C25H25FN8O3/c1-13-22(33(2)32-29-13)15-11-17-19(28-12-15)20-24(21(31-30-20)25(35)36-3)34(17)23(14-6-9-37-10-7-14)18-16(26)5-4-8-27-18/h4-5,8,11-12,14,23H,6-7,9-10H2,1-3H3,(H,30,31)/t23-/m0/s1/i1D3. The molecule has 0 bridgehead atoms. The number of esters is 1. The Bertz CT molecular complexity index is 1740. The van der Waals surface area contributed by atoms with E-state index in [4.69, 9.17) is 13.6 Å². The van der Waals surface area contributed by atoms with E-state index in [1.54, 1.807) is 13.1 Å². The fourth-order valence-electron chi connectivity index (χ4n) is 5.22. The second-order valence-corrected chi connectivity index (χ2v) is 8.92.